The average molecular weight is 393 g/mol. The number of hydrogen-bond acceptors (Lipinski definition) is 5. The van der Waals surface area contributed by atoms with Crippen molar-refractivity contribution in [3.63, 3.8) is 0 Å². The molecule has 0 aliphatic rings. The molecule has 0 aliphatic heterocycles. The molecule has 1 rings (SSSR count). The van der Waals surface area contributed by atoms with Crippen molar-refractivity contribution in [2.75, 3.05) is 19.0 Å². The Labute approximate surface area is 138 Å². The molecule has 1 unspecified atom stereocenters. The van der Waals surface area contributed by atoms with Crippen LogP contribution in [0.15, 0.2) is 16.6 Å². The second kappa shape index (κ2) is 7.38. The third-order valence-corrected chi connectivity index (χ3v) is 3.38. The van der Waals surface area contributed by atoms with E-state index in [0.29, 0.717) is 0 Å². The summed E-state index contributed by atoms with van der Waals surface area (Å²) in [6.07, 6.45) is 0. The molecule has 126 valence electrons. The lowest BCUT2D eigenvalue weighted by Gasteiger charge is -2.19. The smallest absolute Gasteiger partial charge is 0.340 e. The molecule has 0 saturated carbocycles. The van der Waals surface area contributed by atoms with E-state index in [1.165, 1.54) is 0 Å². The maximum absolute atomic E-state index is 13.6. The summed E-state index contributed by atoms with van der Waals surface area (Å²) in [4.78, 5) is 34.1. The van der Waals surface area contributed by atoms with Crippen LogP contribution in [-0.2, 0) is 9.53 Å². The lowest BCUT2D eigenvalue weighted by Crippen LogP contribution is -2.47. The molecule has 23 heavy (non-hydrogen) atoms. The van der Waals surface area contributed by atoms with Crippen molar-refractivity contribution in [2.45, 2.75) is 12.5 Å². The van der Waals surface area contributed by atoms with Crippen molar-refractivity contribution in [3.8, 4) is 0 Å². The quantitative estimate of drug-likeness (QED) is 0.560. The van der Waals surface area contributed by atoms with Crippen LogP contribution in [0.1, 0.15) is 17.3 Å². The average Bonchev–Trinajstić information content (AvgIpc) is 2.47. The Morgan fingerprint density at radius 2 is 2.00 bits per heavy atom. The van der Waals surface area contributed by atoms with Gasteiger partial charge in [0.1, 0.15) is 5.82 Å². The predicted octanol–water partition coefficient (Wildman–Crippen LogP) is 1.33. The molecular weight excluding hydrogens is 379 g/mol. The number of urea groups is 1. The number of carboxylic acid groups (broad SMARTS) is 1. The number of rotatable bonds is 5. The molecule has 0 bridgehead atoms. The number of nitrogens with one attached hydrogen (secondary N) is 2. The lowest BCUT2D eigenvalue weighted by atomic mass is 10.1. The SMILES string of the molecule is COC(=O)c1cc(Br)c(F)cc1NC(=O)NCC(C)(O)C(=O)O. The molecule has 0 heterocycles. The van der Waals surface area contributed by atoms with Crippen LogP contribution in [0.25, 0.3) is 0 Å². The van der Waals surface area contributed by atoms with E-state index in [0.717, 1.165) is 26.2 Å². The van der Waals surface area contributed by atoms with Crippen LogP contribution in [0.4, 0.5) is 14.9 Å². The van der Waals surface area contributed by atoms with Gasteiger partial charge in [-0.15, -0.1) is 0 Å². The summed E-state index contributed by atoms with van der Waals surface area (Å²) in [5.74, 6) is -3.06. The first-order valence-electron chi connectivity index (χ1n) is 6.16. The number of aliphatic carboxylic acids is 1. The summed E-state index contributed by atoms with van der Waals surface area (Å²) < 4.78 is 18.1. The Kier molecular flexibility index (Phi) is 6.05. The molecule has 0 aromatic heterocycles. The lowest BCUT2D eigenvalue weighted by molar-refractivity contribution is -0.155. The molecule has 0 saturated heterocycles. The van der Waals surface area contributed by atoms with Gasteiger partial charge in [-0.1, -0.05) is 0 Å². The van der Waals surface area contributed by atoms with Gasteiger partial charge in [0.25, 0.3) is 0 Å². The van der Waals surface area contributed by atoms with Gasteiger partial charge in [0.15, 0.2) is 5.60 Å². The topological polar surface area (TPSA) is 125 Å². The minimum atomic E-state index is -2.17. The van der Waals surface area contributed by atoms with Gasteiger partial charge in [-0.3, -0.25) is 0 Å². The number of amides is 2. The maximum Gasteiger partial charge on any atom is 0.340 e. The molecule has 1 aromatic carbocycles. The van der Waals surface area contributed by atoms with E-state index in [4.69, 9.17) is 5.11 Å². The second-order valence-electron chi connectivity index (χ2n) is 4.69. The normalized spacial score (nSPS) is 12.9. The Hall–Kier alpha value is -2.20. The fourth-order valence-electron chi connectivity index (χ4n) is 1.42. The third kappa shape index (κ3) is 4.89. The monoisotopic (exact) mass is 392 g/mol. The molecular formula is C13H14BrFN2O6. The van der Waals surface area contributed by atoms with Crippen LogP contribution in [0.2, 0.25) is 0 Å². The van der Waals surface area contributed by atoms with E-state index >= 15 is 0 Å². The predicted molar refractivity (Wildman–Crippen MR) is 80.7 cm³/mol. The van der Waals surface area contributed by atoms with Crippen molar-refractivity contribution in [3.05, 3.63) is 28.0 Å². The fourth-order valence-corrected chi connectivity index (χ4v) is 1.77. The number of aliphatic hydroxyl groups is 1. The van der Waals surface area contributed by atoms with Gasteiger partial charge in [0.2, 0.25) is 0 Å². The number of methoxy groups -OCH3 is 1. The molecule has 8 nitrogen and oxygen atoms in total. The Bertz CT molecular complexity index is 650. The summed E-state index contributed by atoms with van der Waals surface area (Å²) >= 11 is 2.91. The molecule has 1 atom stereocenters. The van der Waals surface area contributed by atoms with Crippen LogP contribution >= 0.6 is 15.9 Å². The van der Waals surface area contributed by atoms with Gasteiger partial charge in [-0.05, 0) is 35.0 Å². The van der Waals surface area contributed by atoms with E-state index in [2.05, 4.69) is 31.3 Å². The van der Waals surface area contributed by atoms with Crippen molar-refractivity contribution < 1.29 is 33.7 Å². The van der Waals surface area contributed by atoms with Gasteiger partial charge in [-0.2, -0.15) is 0 Å². The Morgan fingerprint density at radius 1 is 1.39 bits per heavy atom. The molecule has 0 fully saturated rings. The van der Waals surface area contributed by atoms with Crippen molar-refractivity contribution in [1.29, 1.82) is 0 Å². The molecule has 4 N–H and O–H groups in total. The highest BCUT2D eigenvalue weighted by Crippen LogP contribution is 2.25. The summed E-state index contributed by atoms with van der Waals surface area (Å²) in [7, 11) is 1.12. The van der Waals surface area contributed by atoms with E-state index in [9.17, 15) is 23.9 Å². The standard InChI is InChI=1S/C13H14BrFN2O6/c1-13(22,11(19)20)5-16-12(21)17-9-4-8(15)7(14)3-6(9)10(18)23-2/h3-4,22H,5H2,1-2H3,(H,19,20)(H2,16,17,21). The molecule has 0 radical (unpaired) electrons. The van der Waals surface area contributed by atoms with Gasteiger partial charge < -0.3 is 25.6 Å². The van der Waals surface area contributed by atoms with E-state index in [-0.39, 0.29) is 15.7 Å². The number of carbonyl (C=O) groups is 3. The highest BCUT2D eigenvalue weighted by Gasteiger charge is 2.30. The van der Waals surface area contributed by atoms with Crippen LogP contribution in [0.5, 0.6) is 0 Å². The zero-order valence-corrected chi connectivity index (χ0v) is 13.7. The van der Waals surface area contributed by atoms with Crippen LogP contribution in [-0.4, -0.2) is 47.4 Å². The first-order chi connectivity index (χ1) is 10.6. The Balaban J connectivity index is 2.91. The van der Waals surface area contributed by atoms with E-state index < -0.39 is 35.9 Å². The number of hydrogen-bond donors (Lipinski definition) is 4. The Morgan fingerprint density at radius 3 is 2.52 bits per heavy atom. The molecule has 10 heteroatoms. The zero-order valence-electron chi connectivity index (χ0n) is 12.1. The summed E-state index contributed by atoms with van der Waals surface area (Å²) in [5, 5.41) is 22.5. The van der Waals surface area contributed by atoms with Crippen molar-refractivity contribution in [2.24, 2.45) is 0 Å². The first kappa shape index (κ1) is 18.8. The van der Waals surface area contributed by atoms with Gasteiger partial charge in [0.05, 0.1) is 29.4 Å². The first-order valence-corrected chi connectivity index (χ1v) is 6.95. The number of carboxylic acids is 1. The number of benzene rings is 1. The van der Waals surface area contributed by atoms with E-state index in [1.54, 1.807) is 0 Å². The summed E-state index contributed by atoms with van der Waals surface area (Å²) in [6.45, 7) is 0.398. The fraction of sp³-hybridized carbons (Fsp3) is 0.308. The number of esters is 1. The van der Waals surface area contributed by atoms with Crippen LogP contribution in [0, 0.1) is 5.82 Å². The minimum absolute atomic E-state index is 0.00216. The minimum Gasteiger partial charge on any atom is -0.479 e. The van der Waals surface area contributed by atoms with Gasteiger partial charge >= 0.3 is 18.0 Å². The van der Waals surface area contributed by atoms with Crippen molar-refractivity contribution >= 4 is 39.6 Å². The third-order valence-electron chi connectivity index (χ3n) is 2.77. The number of halogens is 2. The van der Waals surface area contributed by atoms with Crippen LogP contribution in [0.3, 0.4) is 0 Å². The van der Waals surface area contributed by atoms with Gasteiger partial charge in [0, 0.05) is 0 Å². The number of ether oxygens (including phenoxy) is 1. The highest BCUT2D eigenvalue weighted by molar-refractivity contribution is 9.10. The van der Waals surface area contributed by atoms with E-state index in [1.807, 2.05) is 0 Å². The molecule has 0 aliphatic carbocycles. The summed E-state index contributed by atoms with van der Waals surface area (Å²) in [6, 6.07) is 1.09. The largest absolute Gasteiger partial charge is 0.479 e. The van der Waals surface area contributed by atoms with Crippen LogP contribution < -0.4 is 10.6 Å². The zero-order chi connectivity index (χ0) is 17.8. The molecule has 2 amide bonds. The highest BCUT2D eigenvalue weighted by atomic mass is 79.9. The second-order valence-corrected chi connectivity index (χ2v) is 5.54. The maximum atomic E-state index is 13.6. The molecule has 0 spiro atoms. The molecule has 1 aromatic rings. The summed E-state index contributed by atoms with van der Waals surface area (Å²) in [5.41, 5.74) is -2.46. The van der Waals surface area contributed by atoms with Gasteiger partial charge in [-0.25, -0.2) is 18.8 Å². The number of carbonyl (C=O) groups excluding carboxylic acids is 2. The van der Waals surface area contributed by atoms with Crippen molar-refractivity contribution in [1.82, 2.24) is 5.32 Å². The number of anilines is 1.